The summed E-state index contributed by atoms with van der Waals surface area (Å²) in [6.45, 7) is 5.21. The van der Waals surface area contributed by atoms with E-state index in [4.69, 9.17) is 30.3 Å². The van der Waals surface area contributed by atoms with Crippen molar-refractivity contribution in [3.63, 3.8) is 0 Å². The summed E-state index contributed by atoms with van der Waals surface area (Å²) < 4.78 is 10.1. The Morgan fingerprint density at radius 2 is 1.53 bits per heavy atom. The lowest BCUT2D eigenvalue weighted by molar-refractivity contribution is 0.137. The Morgan fingerprint density at radius 3 is 1.73 bits per heavy atom. The SMILES string of the molecule is CCCOC(=NN)OCCC.O=C(O)O. The first-order chi connectivity index (χ1) is 7.08. The van der Waals surface area contributed by atoms with Crippen molar-refractivity contribution < 1.29 is 24.5 Å². The van der Waals surface area contributed by atoms with Crippen LogP contribution in [-0.2, 0) is 9.47 Å². The summed E-state index contributed by atoms with van der Waals surface area (Å²) in [4.78, 5) is 8.56. The highest BCUT2D eigenvalue weighted by atomic mass is 16.7. The molecule has 0 unspecified atom stereocenters. The van der Waals surface area contributed by atoms with Crippen molar-refractivity contribution in [2.24, 2.45) is 10.9 Å². The molecule has 90 valence electrons. The zero-order valence-corrected chi connectivity index (χ0v) is 8.97. The second-order valence-corrected chi connectivity index (χ2v) is 2.37. The molecule has 0 aliphatic heterocycles. The van der Waals surface area contributed by atoms with Crippen LogP contribution in [0.3, 0.4) is 0 Å². The fraction of sp³-hybridized carbons (Fsp3) is 0.750. The maximum absolute atomic E-state index is 8.56. The van der Waals surface area contributed by atoms with Gasteiger partial charge in [-0.2, -0.15) is 0 Å². The predicted octanol–water partition coefficient (Wildman–Crippen LogP) is 1.29. The van der Waals surface area contributed by atoms with Gasteiger partial charge in [-0.1, -0.05) is 13.8 Å². The first-order valence-electron chi connectivity index (χ1n) is 4.53. The van der Waals surface area contributed by atoms with Crippen molar-refractivity contribution in [2.75, 3.05) is 13.2 Å². The molecule has 0 heterocycles. The van der Waals surface area contributed by atoms with Crippen LogP contribution in [0.2, 0.25) is 0 Å². The summed E-state index contributed by atoms with van der Waals surface area (Å²) in [6, 6.07) is 0. The van der Waals surface area contributed by atoms with Crippen LogP contribution in [0, 0.1) is 0 Å². The smallest absolute Gasteiger partial charge is 0.450 e. The molecule has 0 saturated heterocycles. The lowest BCUT2D eigenvalue weighted by Crippen LogP contribution is -2.13. The third-order valence-corrected chi connectivity index (χ3v) is 0.965. The van der Waals surface area contributed by atoms with Crippen LogP contribution in [0.1, 0.15) is 26.7 Å². The Kier molecular flexibility index (Phi) is 13.0. The summed E-state index contributed by atoms with van der Waals surface area (Å²) in [5, 5.41) is 17.3. The van der Waals surface area contributed by atoms with E-state index in [1.807, 2.05) is 13.8 Å². The second-order valence-electron chi connectivity index (χ2n) is 2.37. The van der Waals surface area contributed by atoms with Crippen LogP contribution in [0.4, 0.5) is 4.79 Å². The van der Waals surface area contributed by atoms with Crippen LogP contribution in [0.25, 0.3) is 0 Å². The molecule has 0 aromatic heterocycles. The number of hydrogen-bond acceptors (Lipinski definition) is 5. The molecule has 0 atom stereocenters. The van der Waals surface area contributed by atoms with E-state index in [0.29, 0.717) is 13.2 Å². The minimum absolute atomic E-state index is 0.189. The molecular weight excluding hydrogens is 204 g/mol. The van der Waals surface area contributed by atoms with Crippen molar-refractivity contribution >= 4 is 12.2 Å². The van der Waals surface area contributed by atoms with Gasteiger partial charge in [-0.25, -0.2) is 4.79 Å². The second kappa shape index (κ2) is 12.3. The predicted molar refractivity (Wildman–Crippen MR) is 54.8 cm³/mol. The molecular formula is C8H18N2O5. The van der Waals surface area contributed by atoms with Gasteiger partial charge in [-0.15, -0.1) is 5.10 Å². The maximum atomic E-state index is 8.56. The molecule has 0 aromatic rings. The first kappa shape index (κ1) is 15.8. The molecule has 0 saturated carbocycles. The van der Waals surface area contributed by atoms with Crippen molar-refractivity contribution in [2.45, 2.75) is 26.7 Å². The number of rotatable bonds is 4. The molecule has 0 fully saturated rings. The van der Waals surface area contributed by atoms with Crippen LogP contribution in [-0.4, -0.2) is 35.7 Å². The van der Waals surface area contributed by atoms with E-state index < -0.39 is 6.16 Å². The maximum Gasteiger partial charge on any atom is 0.503 e. The number of carboxylic acid groups (broad SMARTS) is 2. The molecule has 0 radical (unpaired) electrons. The summed E-state index contributed by atoms with van der Waals surface area (Å²) in [5.41, 5.74) is 0. The van der Waals surface area contributed by atoms with E-state index in [1.165, 1.54) is 0 Å². The van der Waals surface area contributed by atoms with E-state index in [2.05, 4.69) is 5.10 Å². The minimum atomic E-state index is -1.83. The standard InChI is InChI=1S/C7H16N2O2.CH2O3/c1-3-5-10-7(9-8)11-6-4-2;2-1(3)4/h3-6,8H2,1-2H3;(H2,2,3,4). The quantitative estimate of drug-likeness (QED) is 0.286. The number of nitrogens with two attached hydrogens (primary N) is 1. The van der Waals surface area contributed by atoms with Gasteiger partial charge in [0.15, 0.2) is 0 Å². The highest BCUT2D eigenvalue weighted by Crippen LogP contribution is 1.88. The molecule has 7 heteroatoms. The van der Waals surface area contributed by atoms with E-state index in [9.17, 15) is 0 Å². The molecule has 0 amide bonds. The average Bonchev–Trinajstić information content (AvgIpc) is 2.17. The average molecular weight is 222 g/mol. The lowest BCUT2D eigenvalue weighted by atomic mass is 10.5. The zero-order chi connectivity index (χ0) is 12.1. The largest absolute Gasteiger partial charge is 0.503 e. The van der Waals surface area contributed by atoms with E-state index in [-0.39, 0.29) is 6.08 Å². The molecule has 0 aromatic carbocycles. The third kappa shape index (κ3) is 19.0. The van der Waals surface area contributed by atoms with Gasteiger partial charge < -0.3 is 25.5 Å². The van der Waals surface area contributed by atoms with Gasteiger partial charge in [0.25, 0.3) is 0 Å². The fourth-order valence-electron chi connectivity index (χ4n) is 0.495. The van der Waals surface area contributed by atoms with E-state index in [1.54, 1.807) is 0 Å². The number of hydrogen-bond donors (Lipinski definition) is 3. The van der Waals surface area contributed by atoms with Gasteiger partial charge in [0.1, 0.15) is 0 Å². The summed E-state index contributed by atoms with van der Waals surface area (Å²) >= 11 is 0. The van der Waals surface area contributed by atoms with Gasteiger partial charge in [-0.05, 0) is 12.8 Å². The molecule has 0 spiro atoms. The minimum Gasteiger partial charge on any atom is -0.450 e. The van der Waals surface area contributed by atoms with E-state index in [0.717, 1.165) is 12.8 Å². The Hall–Kier alpha value is -1.66. The van der Waals surface area contributed by atoms with Crippen molar-refractivity contribution in [3.05, 3.63) is 0 Å². The monoisotopic (exact) mass is 222 g/mol. The number of hydrazone groups is 1. The Morgan fingerprint density at radius 1 is 1.20 bits per heavy atom. The number of nitrogens with zero attached hydrogens (tertiary/aromatic N) is 1. The number of ether oxygens (including phenoxy) is 2. The molecule has 0 bridgehead atoms. The van der Waals surface area contributed by atoms with Crippen LogP contribution >= 0.6 is 0 Å². The van der Waals surface area contributed by atoms with Gasteiger partial charge in [0.2, 0.25) is 0 Å². The van der Waals surface area contributed by atoms with Crippen molar-refractivity contribution in [3.8, 4) is 0 Å². The summed E-state index contributed by atoms with van der Waals surface area (Å²) in [6.07, 6.45) is 0.205. The van der Waals surface area contributed by atoms with Crippen LogP contribution in [0.5, 0.6) is 0 Å². The normalized spacial score (nSPS) is 8.13. The molecule has 0 rings (SSSR count). The van der Waals surface area contributed by atoms with Gasteiger partial charge in [0.05, 0.1) is 13.2 Å². The molecule has 0 aliphatic rings. The van der Waals surface area contributed by atoms with E-state index >= 15 is 0 Å². The molecule has 0 aliphatic carbocycles. The highest BCUT2D eigenvalue weighted by Gasteiger charge is 1.97. The van der Waals surface area contributed by atoms with Gasteiger partial charge in [-0.3, -0.25) is 0 Å². The number of carbonyl (C=O) groups is 1. The molecule has 4 N–H and O–H groups in total. The van der Waals surface area contributed by atoms with Crippen LogP contribution in [0.15, 0.2) is 5.10 Å². The van der Waals surface area contributed by atoms with Gasteiger partial charge in [0, 0.05) is 0 Å². The Bertz CT molecular complexity index is 170. The summed E-state index contributed by atoms with van der Waals surface area (Å²) in [7, 11) is 0. The fourth-order valence-corrected chi connectivity index (χ4v) is 0.495. The zero-order valence-electron chi connectivity index (χ0n) is 8.97. The van der Waals surface area contributed by atoms with Crippen LogP contribution < -0.4 is 5.84 Å². The lowest BCUT2D eigenvalue weighted by Gasteiger charge is -2.06. The highest BCUT2D eigenvalue weighted by molar-refractivity contribution is 5.66. The third-order valence-electron chi connectivity index (χ3n) is 0.965. The first-order valence-corrected chi connectivity index (χ1v) is 4.53. The topological polar surface area (TPSA) is 114 Å². The molecule has 7 nitrogen and oxygen atoms in total. The Balaban J connectivity index is 0. The molecule has 15 heavy (non-hydrogen) atoms. The Labute approximate surface area is 88.5 Å². The van der Waals surface area contributed by atoms with Gasteiger partial charge >= 0.3 is 12.2 Å². The van der Waals surface area contributed by atoms with Crippen molar-refractivity contribution in [1.29, 1.82) is 0 Å². The summed E-state index contributed by atoms with van der Waals surface area (Å²) in [5.74, 6) is 4.99. The van der Waals surface area contributed by atoms with Crippen molar-refractivity contribution in [1.82, 2.24) is 0 Å².